The Morgan fingerprint density at radius 1 is 1.32 bits per heavy atom. The Morgan fingerprint density at radius 3 is 2.87 bits per heavy atom. The number of carbonyl (C=O) groups excluding carboxylic acids is 1. The molecule has 0 aliphatic carbocycles. The standard InChI is InChI=1S/C21H26N4O4S2/c1-4-29-11-6-8-22-17-15(19(26)24-9-5-7-14(2)18(24)23-17)13-16-20(27)25(10-12-28-3)21(30)31-16/h5,7,9,13,22H,4,6,8,10-12H2,1-3H3/b16-13-. The van der Waals surface area contributed by atoms with Crippen molar-refractivity contribution in [3.8, 4) is 0 Å². The average molecular weight is 463 g/mol. The number of fused-ring (bicyclic) bond motifs is 1. The van der Waals surface area contributed by atoms with Gasteiger partial charge >= 0.3 is 0 Å². The molecular weight excluding hydrogens is 436 g/mol. The van der Waals surface area contributed by atoms with Crippen molar-refractivity contribution in [1.82, 2.24) is 14.3 Å². The molecule has 1 N–H and O–H groups in total. The second-order valence-corrected chi connectivity index (χ2v) is 8.54. The second kappa shape index (κ2) is 10.9. The van der Waals surface area contributed by atoms with E-state index in [4.69, 9.17) is 21.7 Å². The number of anilines is 1. The van der Waals surface area contributed by atoms with Gasteiger partial charge in [-0.15, -0.1) is 0 Å². The molecule has 2 aromatic heterocycles. The van der Waals surface area contributed by atoms with Gasteiger partial charge in [-0.05, 0) is 38.0 Å². The summed E-state index contributed by atoms with van der Waals surface area (Å²) in [6.07, 6.45) is 4.03. The number of amides is 1. The number of pyridine rings is 1. The SMILES string of the molecule is CCOCCCNc1nc2c(C)cccn2c(=O)c1/C=C1\SC(=S)N(CCOC)C1=O. The molecule has 0 radical (unpaired) electrons. The zero-order valence-corrected chi connectivity index (χ0v) is 19.5. The number of methoxy groups -OCH3 is 1. The van der Waals surface area contributed by atoms with Crippen LogP contribution in [-0.4, -0.2) is 64.5 Å². The number of carbonyl (C=O) groups is 1. The Hall–Kier alpha value is -2.27. The molecule has 1 saturated heterocycles. The van der Waals surface area contributed by atoms with Gasteiger partial charge in [-0.3, -0.25) is 18.9 Å². The van der Waals surface area contributed by atoms with Crippen molar-refractivity contribution in [3.05, 3.63) is 44.7 Å². The quantitative estimate of drug-likeness (QED) is 0.328. The van der Waals surface area contributed by atoms with Crippen molar-refractivity contribution in [2.45, 2.75) is 20.3 Å². The van der Waals surface area contributed by atoms with E-state index in [0.717, 1.165) is 12.0 Å². The van der Waals surface area contributed by atoms with Crippen LogP contribution >= 0.6 is 24.0 Å². The van der Waals surface area contributed by atoms with Gasteiger partial charge in [-0.2, -0.15) is 0 Å². The fraction of sp³-hybridized carbons (Fsp3) is 0.429. The fourth-order valence-corrected chi connectivity index (χ4v) is 4.40. The maximum atomic E-state index is 13.3. The summed E-state index contributed by atoms with van der Waals surface area (Å²) in [5.74, 6) is 0.209. The molecule has 8 nitrogen and oxygen atoms in total. The lowest BCUT2D eigenvalue weighted by Crippen LogP contribution is -2.31. The van der Waals surface area contributed by atoms with Crippen molar-refractivity contribution in [2.24, 2.45) is 0 Å². The van der Waals surface area contributed by atoms with Crippen molar-refractivity contribution >= 4 is 51.7 Å². The van der Waals surface area contributed by atoms with Gasteiger partial charge in [0.2, 0.25) is 0 Å². The minimum absolute atomic E-state index is 0.233. The zero-order valence-electron chi connectivity index (χ0n) is 17.8. The van der Waals surface area contributed by atoms with E-state index in [9.17, 15) is 9.59 Å². The van der Waals surface area contributed by atoms with Crippen LogP contribution < -0.4 is 10.9 Å². The Morgan fingerprint density at radius 2 is 2.13 bits per heavy atom. The normalized spacial score (nSPS) is 15.5. The van der Waals surface area contributed by atoms with Crippen molar-refractivity contribution in [3.63, 3.8) is 0 Å². The van der Waals surface area contributed by atoms with E-state index in [0.29, 0.717) is 59.2 Å². The number of hydrogen-bond donors (Lipinski definition) is 1. The summed E-state index contributed by atoms with van der Waals surface area (Å²) >= 11 is 6.52. The van der Waals surface area contributed by atoms with E-state index < -0.39 is 0 Å². The lowest BCUT2D eigenvalue weighted by molar-refractivity contribution is -0.122. The number of nitrogens with one attached hydrogen (secondary N) is 1. The Bertz CT molecular complexity index is 1070. The molecule has 10 heteroatoms. The molecule has 1 amide bonds. The summed E-state index contributed by atoms with van der Waals surface area (Å²) in [4.78, 5) is 32.7. The smallest absolute Gasteiger partial charge is 0.267 e. The van der Waals surface area contributed by atoms with Crippen LogP contribution in [0.25, 0.3) is 11.7 Å². The predicted octanol–water partition coefficient (Wildman–Crippen LogP) is 2.69. The number of thioether (sulfide) groups is 1. The van der Waals surface area contributed by atoms with Gasteiger partial charge in [0.1, 0.15) is 15.8 Å². The van der Waals surface area contributed by atoms with Crippen molar-refractivity contribution in [2.75, 3.05) is 45.3 Å². The summed E-state index contributed by atoms with van der Waals surface area (Å²) in [5, 5.41) is 3.24. The first-order chi connectivity index (χ1) is 15.0. The summed E-state index contributed by atoms with van der Waals surface area (Å²) in [5.41, 5.74) is 1.54. The highest BCUT2D eigenvalue weighted by molar-refractivity contribution is 8.26. The molecule has 1 aliphatic heterocycles. The summed E-state index contributed by atoms with van der Waals surface area (Å²) in [6, 6.07) is 3.70. The number of hydrogen-bond acceptors (Lipinski definition) is 8. The highest BCUT2D eigenvalue weighted by atomic mass is 32.2. The third-order valence-corrected chi connectivity index (χ3v) is 6.09. The van der Waals surface area contributed by atoms with Gasteiger partial charge in [0.05, 0.1) is 23.6 Å². The van der Waals surface area contributed by atoms with Gasteiger partial charge in [0, 0.05) is 33.1 Å². The fourth-order valence-electron chi connectivity index (χ4n) is 3.11. The van der Waals surface area contributed by atoms with Gasteiger partial charge in [-0.25, -0.2) is 4.98 Å². The number of ether oxygens (including phenoxy) is 2. The van der Waals surface area contributed by atoms with E-state index in [2.05, 4.69) is 10.3 Å². The molecule has 1 fully saturated rings. The van der Waals surface area contributed by atoms with Crippen LogP contribution in [0, 0.1) is 6.92 Å². The van der Waals surface area contributed by atoms with Gasteiger partial charge in [-0.1, -0.05) is 30.0 Å². The van der Waals surface area contributed by atoms with Crippen molar-refractivity contribution < 1.29 is 14.3 Å². The Kier molecular flexibility index (Phi) is 8.19. The molecule has 31 heavy (non-hydrogen) atoms. The molecule has 3 rings (SSSR count). The Labute approximate surface area is 190 Å². The number of aromatic nitrogens is 2. The van der Waals surface area contributed by atoms with Crippen LogP contribution in [0.15, 0.2) is 28.0 Å². The van der Waals surface area contributed by atoms with Crippen LogP contribution in [0.1, 0.15) is 24.5 Å². The highest BCUT2D eigenvalue weighted by Gasteiger charge is 2.32. The maximum Gasteiger partial charge on any atom is 0.267 e. The lowest BCUT2D eigenvalue weighted by atomic mass is 10.2. The second-order valence-electron chi connectivity index (χ2n) is 6.87. The first-order valence-electron chi connectivity index (χ1n) is 10.1. The third-order valence-electron chi connectivity index (χ3n) is 4.71. The van der Waals surface area contributed by atoms with E-state index in [1.807, 2.05) is 19.9 Å². The molecule has 0 bridgehead atoms. The molecule has 0 unspecified atom stereocenters. The molecule has 3 heterocycles. The predicted molar refractivity (Wildman–Crippen MR) is 128 cm³/mol. The summed E-state index contributed by atoms with van der Waals surface area (Å²) < 4.78 is 12.4. The lowest BCUT2D eigenvalue weighted by Gasteiger charge is -2.13. The molecule has 0 aromatic carbocycles. The van der Waals surface area contributed by atoms with Crippen LogP contribution in [0.4, 0.5) is 5.82 Å². The zero-order chi connectivity index (χ0) is 22.4. The number of aryl methyl sites for hydroxylation is 1. The molecule has 0 saturated carbocycles. The Balaban J connectivity index is 1.99. The molecule has 2 aromatic rings. The van der Waals surface area contributed by atoms with Gasteiger partial charge < -0.3 is 14.8 Å². The number of nitrogens with zero attached hydrogens (tertiary/aromatic N) is 3. The van der Waals surface area contributed by atoms with Gasteiger partial charge in [0.25, 0.3) is 11.5 Å². The number of thiocarbonyl (C=S) groups is 1. The van der Waals surface area contributed by atoms with Crippen LogP contribution in [-0.2, 0) is 14.3 Å². The molecule has 0 atom stereocenters. The van der Waals surface area contributed by atoms with Crippen molar-refractivity contribution in [1.29, 1.82) is 0 Å². The number of rotatable bonds is 10. The highest BCUT2D eigenvalue weighted by Crippen LogP contribution is 2.32. The maximum absolute atomic E-state index is 13.3. The first kappa shape index (κ1) is 23.4. The van der Waals surface area contributed by atoms with Gasteiger partial charge in [0.15, 0.2) is 0 Å². The van der Waals surface area contributed by atoms with E-state index >= 15 is 0 Å². The van der Waals surface area contributed by atoms with Crippen LogP contribution in [0.3, 0.4) is 0 Å². The topological polar surface area (TPSA) is 85.2 Å². The third kappa shape index (κ3) is 5.32. The van der Waals surface area contributed by atoms with E-state index in [1.165, 1.54) is 21.1 Å². The van der Waals surface area contributed by atoms with E-state index in [1.54, 1.807) is 25.4 Å². The summed E-state index contributed by atoms with van der Waals surface area (Å²) in [7, 11) is 1.57. The molecular formula is C21H26N4O4S2. The molecule has 1 aliphatic rings. The average Bonchev–Trinajstić information content (AvgIpc) is 3.02. The molecule has 166 valence electrons. The monoisotopic (exact) mass is 462 g/mol. The largest absolute Gasteiger partial charge is 0.383 e. The summed E-state index contributed by atoms with van der Waals surface area (Å²) in [6.45, 7) is 6.46. The first-order valence-corrected chi connectivity index (χ1v) is 11.3. The minimum atomic E-state index is -0.247. The molecule has 0 spiro atoms. The van der Waals surface area contributed by atoms with Crippen LogP contribution in [0.5, 0.6) is 0 Å². The van der Waals surface area contributed by atoms with E-state index in [-0.39, 0.29) is 11.5 Å². The van der Waals surface area contributed by atoms with Crippen LogP contribution in [0.2, 0.25) is 0 Å². The minimum Gasteiger partial charge on any atom is -0.383 e.